The molecule has 2 rings (SSSR count). The maximum atomic E-state index is 11.6. The zero-order valence-electron chi connectivity index (χ0n) is 11.8. The molecule has 2 nitrogen and oxygen atoms in total. The Morgan fingerprint density at radius 3 is 2.37 bits per heavy atom. The van der Waals surface area contributed by atoms with Crippen LogP contribution < -0.4 is 4.74 Å². The minimum absolute atomic E-state index is 0.0117. The van der Waals surface area contributed by atoms with Crippen LogP contribution in [0.3, 0.4) is 0 Å². The molecule has 98 valence electrons. The smallest absolute Gasteiger partial charge is 0.163 e. The van der Waals surface area contributed by atoms with Crippen molar-refractivity contribution in [3.05, 3.63) is 58.7 Å². The highest BCUT2D eigenvalue weighted by atomic mass is 16.5. The Labute approximate surface area is 114 Å². The van der Waals surface area contributed by atoms with Crippen molar-refractivity contribution in [1.29, 1.82) is 0 Å². The Balaban J connectivity index is 2.45. The van der Waals surface area contributed by atoms with Crippen LogP contribution in [-0.4, -0.2) is 5.78 Å². The van der Waals surface area contributed by atoms with E-state index in [1.807, 2.05) is 38.1 Å². The lowest BCUT2D eigenvalue weighted by Gasteiger charge is -2.14. The first-order valence-electron chi connectivity index (χ1n) is 6.34. The van der Waals surface area contributed by atoms with Gasteiger partial charge in [-0.1, -0.05) is 18.2 Å². The fourth-order valence-corrected chi connectivity index (χ4v) is 2.07. The molecular formula is C17H18O2. The number of para-hydroxylation sites is 1. The molecule has 0 aliphatic rings. The summed E-state index contributed by atoms with van der Waals surface area (Å²) in [5.74, 6) is 1.44. The van der Waals surface area contributed by atoms with Crippen molar-refractivity contribution >= 4 is 5.78 Å². The van der Waals surface area contributed by atoms with E-state index >= 15 is 0 Å². The molecule has 0 N–H and O–H groups in total. The number of benzene rings is 2. The van der Waals surface area contributed by atoms with Crippen LogP contribution >= 0.6 is 0 Å². The molecule has 2 aromatic rings. The van der Waals surface area contributed by atoms with Crippen LogP contribution in [0.4, 0.5) is 0 Å². The topological polar surface area (TPSA) is 26.3 Å². The van der Waals surface area contributed by atoms with Crippen LogP contribution in [0.25, 0.3) is 0 Å². The monoisotopic (exact) mass is 254 g/mol. The van der Waals surface area contributed by atoms with Crippen molar-refractivity contribution in [3.63, 3.8) is 0 Å². The zero-order chi connectivity index (χ0) is 14.0. The van der Waals surface area contributed by atoms with E-state index in [1.54, 1.807) is 13.0 Å². The maximum absolute atomic E-state index is 11.6. The molecule has 0 aromatic heterocycles. The summed E-state index contributed by atoms with van der Waals surface area (Å²) in [4.78, 5) is 11.6. The minimum atomic E-state index is 0.0117. The van der Waals surface area contributed by atoms with Gasteiger partial charge in [-0.05, 0) is 62.6 Å². The second-order valence-corrected chi connectivity index (χ2v) is 4.86. The number of rotatable bonds is 3. The first kappa shape index (κ1) is 13.3. The molecule has 0 heterocycles. The van der Waals surface area contributed by atoms with E-state index in [9.17, 15) is 4.79 Å². The Kier molecular flexibility index (Phi) is 3.70. The third-order valence-electron chi connectivity index (χ3n) is 3.25. The first-order valence-corrected chi connectivity index (χ1v) is 6.34. The predicted molar refractivity (Wildman–Crippen MR) is 77.2 cm³/mol. The van der Waals surface area contributed by atoms with Gasteiger partial charge in [-0.2, -0.15) is 0 Å². The number of ether oxygens (including phenoxy) is 1. The van der Waals surface area contributed by atoms with Gasteiger partial charge in [0.15, 0.2) is 5.78 Å². The van der Waals surface area contributed by atoms with Crippen LogP contribution in [0.2, 0.25) is 0 Å². The molecule has 2 aromatic carbocycles. The number of ketones is 1. The standard InChI is InChI=1S/C17H18O2/c1-11-9-12(2)13(3)17(10-11)19-16-8-6-5-7-15(16)14(4)18/h5-10H,1-4H3. The number of hydrogen-bond acceptors (Lipinski definition) is 2. The van der Waals surface area contributed by atoms with Gasteiger partial charge in [0.2, 0.25) is 0 Å². The Hall–Kier alpha value is -2.09. The van der Waals surface area contributed by atoms with Gasteiger partial charge >= 0.3 is 0 Å². The first-order chi connectivity index (χ1) is 8.99. The average Bonchev–Trinajstić information content (AvgIpc) is 2.35. The number of Topliss-reactive ketones (excluding diaryl/α,β-unsaturated/α-hetero) is 1. The molecule has 2 heteroatoms. The largest absolute Gasteiger partial charge is 0.456 e. The number of aryl methyl sites for hydroxylation is 2. The summed E-state index contributed by atoms with van der Waals surface area (Å²) < 4.78 is 5.94. The SMILES string of the molecule is CC(=O)c1ccccc1Oc1cc(C)cc(C)c1C. The summed E-state index contributed by atoms with van der Waals surface area (Å²) in [5.41, 5.74) is 4.05. The molecule has 0 fully saturated rings. The summed E-state index contributed by atoms with van der Waals surface area (Å²) in [6.07, 6.45) is 0. The van der Waals surface area contributed by atoms with Gasteiger partial charge in [0.05, 0.1) is 5.56 Å². The summed E-state index contributed by atoms with van der Waals surface area (Å²) >= 11 is 0. The molecule has 0 radical (unpaired) electrons. The van der Waals surface area contributed by atoms with E-state index in [2.05, 4.69) is 13.0 Å². The van der Waals surface area contributed by atoms with Crippen LogP contribution in [0, 0.1) is 20.8 Å². The minimum Gasteiger partial charge on any atom is -0.456 e. The molecule has 0 unspecified atom stereocenters. The van der Waals surface area contributed by atoms with Crippen LogP contribution in [-0.2, 0) is 0 Å². The average molecular weight is 254 g/mol. The summed E-state index contributed by atoms with van der Waals surface area (Å²) in [6, 6.07) is 11.5. The highest BCUT2D eigenvalue weighted by Crippen LogP contribution is 2.30. The normalized spacial score (nSPS) is 10.3. The molecule has 0 aliphatic carbocycles. The van der Waals surface area contributed by atoms with Crippen molar-refractivity contribution < 1.29 is 9.53 Å². The molecule has 0 bridgehead atoms. The van der Waals surface area contributed by atoms with Crippen molar-refractivity contribution in [2.75, 3.05) is 0 Å². The molecule has 0 aliphatic heterocycles. The van der Waals surface area contributed by atoms with E-state index in [0.29, 0.717) is 11.3 Å². The van der Waals surface area contributed by atoms with E-state index in [4.69, 9.17) is 4.74 Å². The highest BCUT2D eigenvalue weighted by molar-refractivity contribution is 5.96. The molecule has 0 saturated carbocycles. The van der Waals surface area contributed by atoms with E-state index in [-0.39, 0.29) is 5.78 Å². The Morgan fingerprint density at radius 1 is 1.00 bits per heavy atom. The fraction of sp³-hybridized carbons (Fsp3) is 0.235. The third kappa shape index (κ3) is 2.84. The van der Waals surface area contributed by atoms with Gasteiger partial charge in [-0.15, -0.1) is 0 Å². The molecule has 0 atom stereocenters. The summed E-state index contributed by atoms with van der Waals surface area (Å²) in [7, 11) is 0. The molecular weight excluding hydrogens is 236 g/mol. The Bertz CT molecular complexity index is 627. The molecule has 19 heavy (non-hydrogen) atoms. The van der Waals surface area contributed by atoms with Gasteiger partial charge in [-0.25, -0.2) is 0 Å². The van der Waals surface area contributed by atoms with E-state index in [1.165, 1.54) is 5.56 Å². The van der Waals surface area contributed by atoms with E-state index in [0.717, 1.165) is 16.9 Å². The lowest BCUT2D eigenvalue weighted by atomic mass is 10.1. The molecule has 0 spiro atoms. The second-order valence-electron chi connectivity index (χ2n) is 4.86. The van der Waals surface area contributed by atoms with Crippen LogP contribution in [0.5, 0.6) is 11.5 Å². The van der Waals surface area contributed by atoms with Gasteiger partial charge in [0, 0.05) is 0 Å². The fourth-order valence-electron chi connectivity index (χ4n) is 2.07. The second kappa shape index (κ2) is 5.27. The van der Waals surface area contributed by atoms with Crippen molar-refractivity contribution in [2.45, 2.75) is 27.7 Å². The van der Waals surface area contributed by atoms with Gasteiger partial charge in [-0.3, -0.25) is 4.79 Å². The third-order valence-corrected chi connectivity index (χ3v) is 3.25. The maximum Gasteiger partial charge on any atom is 0.163 e. The van der Waals surface area contributed by atoms with Crippen molar-refractivity contribution in [1.82, 2.24) is 0 Å². The lowest BCUT2D eigenvalue weighted by Crippen LogP contribution is -1.98. The van der Waals surface area contributed by atoms with Gasteiger partial charge in [0.25, 0.3) is 0 Å². The van der Waals surface area contributed by atoms with Crippen LogP contribution in [0.15, 0.2) is 36.4 Å². The Morgan fingerprint density at radius 2 is 1.68 bits per heavy atom. The van der Waals surface area contributed by atoms with E-state index < -0.39 is 0 Å². The van der Waals surface area contributed by atoms with Crippen molar-refractivity contribution in [2.24, 2.45) is 0 Å². The molecule has 0 saturated heterocycles. The quantitative estimate of drug-likeness (QED) is 0.748. The van der Waals surface area contributed by atoms with Gasteiger partial charge < -0.3 is 4.74 Å². The van der Waals surface area contributed by atoms with Crippen LogP contribution in [0.1, 0.15) is 34.0 Å². The highest BCUT2D eigenvalue weighted by Gasteiger charge is 2.11. The summed E-state index contributed by atoms with van der Waals surface area (Å²) in [5, 5.41) is 0. The lowest BCUT2D eigenvalue weighted by molar-refractivity contribution is 0.101. The number of hydrogen-bond donors (Lipinski definition) is 0. The van der Waals surface area contributed by atoms with Crippen molar-refractivity contribution in [3.8, 4) is 11.5 Å². The number of carbonyl (C=O) groups excluding carboxylic acids is 1. The number of carbonyl (C=O) groups is 1. The predicted octanol–water partition coefficient (Wildman–Crippen LogP) is 4.61. The summed E-state index contributed by atoms with van der Waals surface area (Å²) in [6.45, 7) is 7.68. The molecule has 0 amide bonds. The zero-order valence-corrected chi connectivity index (χ0v) is 11.8. The van der Waals surface area contributed by atoms with Gasteiger partial charge in [0.1, 0.15) is 11.5 Å².